The first-order chi connectivity index (χ1) is 14.6. The maximum Gasteiger partial charge on any atom is 0.325 e. The number of thioether (sulfide) groups is 2. The Balaban J connectivity index is 2.35. The van der Waals surface area contributed by atoms with E-state index < -0.39 is 16.1 Å². The van der Waals surface area contributed by atoms with Crippen molar-refractivity contribution in [3.63, 3.8) is 0 Å². The fourth-order valence-electron chi connectivity index (χ4n) is 2.36. The number of amides is 2. The molecule has 2 amide bonds. The summed E-state index contributed by atoms with van der Waals surface area (Å²) in [4.78, 5) is 23.7. The predicted octanol–water partition coefficient (Wildman–Crippen LogP) is 3.64. The molecule has 0 atom stereocenters. The largest absolute Gasteiger partial charge is 0.466 e. The van der Waals surface area contributed by atoms with Gasteiger partial charge in [0.2, 0.25) is 0 Å². The second kappa shape index (κ2) is 11.6. The third-order valence-electron chi connectivity index (χ3n) is 3.83. The first kappa shape index (κ1) is 25.3. The van der Waals surface area contributed by atoms with E-state index in [0.29, 0.717) is 28.2 Å². The van der Waals surface area contributed by atoms with Crippen LogP contribution in [0.4, 0.5) is 4.79 Å². The molecule has 0 radical (unpaired) electrons. The van der Waals surface area contributed by atoms with Crippen LogP contribution in [-0.4, -0.2) is 44.4 Å². The number of carbonyl (C=O) groups is 2. The molecule has 0 aliphatic carbocycles. The minimum absolute atomic E-state index is 0.0393. The lowest BCUT2D eigenvalue weighted by Crippen LogP contribution is -2.23. The second-order valence-corrected chi connectivity index (χ2v) is 11.1. The lowest BCUT2D eigenvalue weighted by atomic mass is 10.2. The average Bonchev–Trinajstić information content (AvgIpc) is 3.04. The van der Waals surface area contributed by atoms with E-state index in [1.54, 1.807) is 19.1 Å². The van der Waals surface area contributed by atoms with Gasteiger partial charge in [-0.2, -0.15) is 8.42 Å². The topological polar surface area (TPSA) is 114 Å². The first-order valence-electron chi connectivity index (χ1n) is 9.78. The molecular formula is C20H27N3O5S3. The van der Waals surface area contributed by atoms with Gasteiger partial charge < -0.3 is 10.1 Å². The molecule has 11 heteroatoms. The van der Waals surface area contributed by atoms with Crippen molar-refractivity contribution in [1.82, 2.24) is 10.6 Å². The van der Waals surface area contributed by atoms with Crippen LogP contribution in [0.1, 0.15) is 32.8 Å². The van der Waals surface area contributed by atoms with Gasteiger partial charge in [-0.1, -0.05) is 31.5 Å². The van der Waals surface area contributed by atoms with Gasteiger partial charge in [-0.05, 0) is 31.9 Å². The number of ether oxygens (including phenoxy) is 1. The fraction of sp³-hybridized carbons (Fsp3) is 0.450. The van der Waals surface area contributed by atoms with E-state index >= 15 is 0 Å². The molecule has 2 rings (SSSR count). The normalized spacial score (nSPS) is 16.9. The number of amidine groups is 1. The molecule has 1 aromatic carbocycles. The van der Waals surface area contributed by atoms with Crippen molar-refractivity contribution in [2.45, 2.75) is 39.0 Å². The number of urea groups is 1. The summed E-state index contributed by atoms with van der Waals surface area (Å²) in [7, 11) is -4.02. The van der Waals surface area contributed by atoms with Crippen LogP contribution < -0.4 is 10.6 Å². The van der Waals surface area contributed by atoms with E-state index in [0.717, 1.165) is 11.3 Å². The molecule has 1 fully saturated rings. The summed E-state index contributed by atoms with van der Waals surface area (Å²) in [5.41, 5.74) is 1.23. The number of carbonyl (C=O) groups excluding carboxylic acids is 2. The van der Waals surface area contributed by atoms with Gasteiger partial charge in [0.25, 0.3) is 10.0 Å². The van der Waals surface area contributed by atoms with E-state index in [-0.39, 0.29) is 23.1 Å². The molecule has 1 aromatic rings. The Morgan fingerprint density at radius 2 is 1.84 bits per heavy atom. The van der Waals surface area contributed by atoms with Gasteiger partial charge in [0, 0.05) is 11.5 Å². The summed E-state index contributed by atoms with van der Waals surface area (Å²) < 4.78 is 35.0. The van der Waals surface area contributed by atoms with Crippen molar-refractivity contribution in [1.29, 1.82) is 0 Å². The maximum absolute atomic E-state index is 12.8. The van der Waals surface area contributed by atoms with Crippen LogP contribution in [0.25, 0.3) is 0 Å². The number of nitrogens with zero attached hydrogens (tertiary/aromatic N) is 1. The number of rotatable bonds is 10. The van der Waals surface area contributed by atoms with Crippen molar-refractivity contribution < 1.29 is 22.7 Å². The van der Waals surface area contributed by atoms with Gasteiger partial charge in [0.15, 0.2) is 5.84 Å². The molecule has 170 valence electrons. The molecule has 0 saturated carbocycles. The quantitative estimate of drug-likeness (QED) is 0.486. The van der Waals surface area contributed by atoms with Gasteiger partial charge in [-0.15, -0.1) is 27.9 Å². The minimum atomic E-state index is -4.02. The van der Waals surface area contributed by atoms with Crippen LogP contribution in [0.15, 0.2) is 43.5 Å². The molecule has 0 bridgehead atoms. The molecule has 1 aliphatic heterocycles. The highest BCUT2D eigenvalue weighted by Crippen LogP contribution is 2.34. The van der Waals surface area contributed by atoms with Crippen molar-refractivity contribution >= 4 is 51.4 Å². The number of hydrogen-bond donors (Lipinski definition) is 2. The van der Waals surface area contributed by atoms with Crippen molar-refractivity contribution in [2.24, 2.45) is 10.3 Å². The third kappa shape index (κ3) is 7.89. The van der Waals surface area contributed by atoms with Gasteiger partial charge >= 0.3 is 12.0 Å². The fourth-order valence-corrected chi connectivity index (χ4v) is 5.63. The van der Waals surface area contributed by atoms with E-state index in [9.17, 15) is 18.0 Å². The number of nitrogens with one attached hydrogen (secondary N) is 2. The average molecular weight is 486 g/mol. The lowest BCUT2D eigenvalue weighted by molar-refractivity contribution is -0.142. The molecule has 31 heavy (non-hydrogen) atoms. The molecule has 0 spiro atoms. The summed E-state index contributed by atoms with van der Waals surface area (Å²) in [6, 6.07) is 5.77. The van der Waals surface area contributed by atoms with Gasteiger partial charge in [-0.25, -0.2) is 4.79 Å². The monoisotopic (exact) mass is 485 g/mol. The Kier molecular flexibility index (Phi) is 9.45. The first-order valence-corrected chi connectivity index (χ1v) is 13.2. The van der Waals surface area contributed by atoms with Crippen LogP contribution in [0.2, 0.25) is 0 Å². The van der Waals surface area contributed by atoms with E-state index in [1.165, 1.54) is 35.7 Å². The van der Waals surface area contributed by atoms with Crippen LogP contribution in [0.3, 0.4) is 0 Å². The number of aryl methyl sites for hydroxylation is 1. The van der Waals surface area contributed by atoms with Crippen molar-refractivity contribution in [3.8, 4) is 0 Å². The molecular weight excluding hydrogens is 458 g/mol. The van der Waals surface area contributed by atoms with Crippen LogP contribution >= 0.6 is 23.5 Å². The van der Waals surface area contributed by atoms with Gasteiger partial charge in [0.05, 0.1) is 22.2 Å². The number of esters is 1. The second-order valence-electron chi connectivity index (χ2n) is 7.08. The lowest BCUT2D eigenvalue weighted by Gasteiger charge is -2.12. The molecule has 1 aliphatic rings. The predicted molar refractivity (Wildman–Crippen MR) is 125 cm³/mol. The minimum Gasteiger partial charge on any atom is -0.466 e. The summed E-state index contributed by atoms with van der Waals surface area (Å²) in [5.74, 6) is 1.18. The van der Waals surface area contributed by atoms with Crippen LogP contribution in [-0.2, 0) is 19.6 Å². The molecule has 1 heterocycles. The zero-order chi connectivity index (χ0) is 23.0. The highest BCUT2D eigenvalue weighted by Gasteiger charge is 2.28. The Morgan fingerprint density at radius 3 is 2.45 bits per heavy atom. The van der Waals surface area contributed by atoms with E-state index in [2.05, 4.69) is 28.9 Å². The third-order valence-corrected chi connectivity index (χ3v) is 8.01. The Labute approximate surface area is 191 Å². The maximum atomic E-state index is 12.8. The SMILES string of the molecule is CCOC(=O)CCSC(SCC(C)C)=C1NC(=O)NC1=NS(=O)(=O)c1ccc(C)cc1. The zero-order valence-corrected chi connectivity index (χ0v) is 20.4. The van der Waals surface area contributed by atoms with Crippen LogP contribution in [0.5, 0.6) is 0 Å². The summed E-state index contributed by atoms with van der Waals surface area (Å²) in [5, 5.41) is 5.12. The Bertz CT molecular complexity index is 970. The Hall–Kier alpha value is -1.98. The number of benzene rings is 1. The number of sulfonamides is 1. The van der Waals surface area contributed by atoms with Gasteiger partial charge in [-0.3, -0.25) is 10.1 Å². The number of hydrogen-bond acceptors (Lipinski definition) is 7. The molecule has 0 aromatic heterocycles. The van der Waals surface area contributed by atoms with Crippen LogP contribution in [0, 0.1) is 12.8 Å². The highest BCUT2D eigenvalue weighted by atomic mass is 32.2. The zero-order valence-electron chi connectivity index (χ0n) is 17.9. The smallest absolute Gasteiger partial charge is 0.325 e. The van der Waals surface area contributed by atoms with Crippen molar-refractivity contribution in [3.05, 3.63) is 39.8 Å². The Morgan fingerprint density at radius 1 is 1.16 bits per heavy atom. The van der Waals surface area contributed by atoms with E-state index in [4.69, 9.17) is 4.74 Å². The van der Waals surface area contributed by atoms with Crippen molar-refractivity contribution in [2.75, 3.05) is 18.1 Å². The standard InChI is InChI=1S/C20H27N3O5S3/c1-5-28-16(24)10-11-29-19(30-12-13(2)3)17-18(22-20(25)21-17)23-31(26,27)15-8-6-14(4)7-9-15/h6-9,13H,5,10-12H2,1-4H3,(H2,21,22,23,25). The van der Waals surface area contributed by atoms with Gasteiger partial charge in [0.1, 0.15) is 5.70 Å². The van der Waals surface area contributed by atoms with E-state index in [1.807, 2.05) is 6.92 Å². The highest BCUT2D eigenvalue weighted by molar-refractivity contribution is 8.22. The summed E-state index contributed by atoms with van der Waals surface area (Å²) in [6.07, 6.45) is 0.201. The molecule has 1 saturated heterocycles. The molecule has 2 N–H and O–H groups in total. The summed E-state index contributed by atoms with van der Waals surface area (Å²) in [6.45, 7) is 8.03. The molecule has 8 nitrogen and oxygen atoms in total. The summed E-state index contributed by atoms with van der Waals surface area (Å²) >= 11 is 2.84. The molecule has 0 unspecified atom stereocenters.